The molecule has 0 heterocycles. The first-order valence-corrected chi connectivity index (χ1v) is 6.02. The van der Waals surface area contributed by atoms with Gasteiger partial charge in [-0.05, 0) is 42.5 Å². The fourth-order valence-corrected chi connectivity index (χ4v) is 1.60. The Morgan fingerprint density at radius 2 is 1.89 bits per heavy atom. The van der Waals surface area contributed by atoms with Gasteiger partial charge in [0, 0.05) is 16.8 Å². The van der Waals surface area contributed by atoms with Gasteiger partial charge in [-0.1, -0.05) is 24.2 Å². The molecule has 0 aliphatic rings. The van der Waals surface area contributed by atoms with E-state index in [1.807, 2.05) is 0 Å². The molecule has 0 aliphatic heterocycles. The first kappa shape index (κ1) is 13.2. The Morgan fingerprint density at radius 3 is 2.58 bits per heavy atom. The quantitative estimate of drug-likeness (QED) is 0.846. The lowest BCUT2D eigenvalue weighted by molar-refractivity contribution is -0.111. The summed E-state index contributed by atoms with van der Waals surface area (Å²) in [6.45, 7) is 3.40. The van der Waals surface area contributed by atoms with Gasteiger partial charge in [0.25, 0.3) is 0 Å². The van der Waals surface area contributed by atoms with Crippen LogP contribution in [0.2, 0.25) is 5.02 Å². The molecular weight excluding hydrogens is 262 g/mol. The van der Waals surface area contributed by atoms with Crippen LogP contribution in [0.15, 0.2) is 61.2 Å². The zero-order valence-electron chi connectivity index (χ0n) is 10.1. The molecule has 1 N–H and O–H groups in total. The predicted molar refractivity (Wildman–Crippen MR) is 76.8 cm³/mol. The normalized spacial score (nSPS) is 9.74. The van der Waals surface area contributed by atoms with Gasteiger partial charge in [-0.3, -0.25) is 4.79 Å². The highest BCUT2D eigenvalue weighted by atomic mass is 35.5. The van der Waals surface area contributed by atoms with Gasteiger partial charge in [0.05, 0.1) is 0 Å². The Hall–Kier alpha value is -2.26. The van der Waals surface area contributed by atoms with Crippen LogP contribution in [-0.4, -0.2) is 5.91 Å². The molecule has 2 aromatic carbocycles. The highest BCUT2D eigenvalue weighted by Gasteiger charge is 2.01. The molecule has 0 fully saturated rings. The first-order valence-electron chi connectivity index (χ1n) is 5.64. The monoisotopic (exact) mass is 273 g/mol. The molecule has 0 spiro atoms. The van der Waals surface area contributed by atoms with E-state index in [1.54, 1.807) is 48.5 Å². The third-order valence-electron chi connectivity index (χ3n) is 2.34. The number of anilines is 1. The van der Waals surface area contributed by atoms with E-state index < -0.39 is 0 Å². The summed E-state index contributed by atoms with van der Waals surface area (Å²) >= 11 is 5.80. The summed E-state index contributed by atoms with van der Waals surface area (Å²) in [5, 5.41) is 3.32. The Kier molecular flexibility index (Phi) is 4.21. The number of ether oxygens (including phenoxy) is 1. The highest BCUT2D eigenvalue weighted by Crippen LogP contribution is 2.25. The maximum atomic E-state index is 11.2. The van der Waals surface area contributed by atoms with E-state index >= 15 is 0 Å². The van der Waals surface area contributed by atoms with Crippen molar-refractivity contribution in [1.29, 1.82) is 0 Å². The van der Waals surface area contributed by atoms with E-state index in [9.17, 15) is 4.79 Å². The summed E-state index contributed by atoms with van der Waals surface area (Å²) < 4.78 is 5.65. The molecule has 0 unspecified atom stereocenters. The molecule has 19 heavy (non-hydrogen) atoms. The molecule has 0 radical (unpaired) electrons. The van der Waals surface area contributed by atoms with Crippen LogP contribution in [0.5, 0.6) is 11.5 Å². The summed E-state index contributed by atoms with van der Waals surface area (Å²) in [5.41, 5.74) is 0.649. The van der Waals surface area contributed by atoms with Crippen molar-refractivity contribution in [3.05, 3.63) is 66.2 Å². The van der Waals surface area contributed by atoms with Gasteiger partial charge in [0.2, 0.25) is 5.91 Å². The van der Waals surface area contributed by atoms with Crippen molar-refractivity contribution in [1.82, 2.24) is 0 Å². The second kappa shape index (κ2) is 6.07. The van der Waals surface area contributed by atoms with Gasteiger partial charge in [-0.25, -0.2) is 0 Å². The van der Waals surface area contributed by atoms with Crippen LogP contribution in [0.25, 0.3) is 0 Å². The molecule has 0 saturated heterocycles. The smallest absolute Gasteiger partial charge is 0.247 e. The van der Waals surface area contributed by atoms with E-state index in [1.165, 1.54) is 6.08 Å². The molecule has 2 aromatic rings. The van der Waals surface area contributed by atoms with Crippen LogP contribution >= 0.6 is 11.6 Å². The number of amides is 1. The topological polar surface area (TPSA) is 38.3 Å². The fourth-order valence-electron chi connectivity index (χ4n) is 1.47. The minimum Gasteiger partial charge on any atom is -0.457 e. The average molecular weight is 274 g/mol. The van der Waals surface area contributed by atoms with Gasteiger partial charge < -0.3 is 10.1 Å². The van der Waals surface area contributed by atoms with Crippen LogP contribution in [-0.2, 0) is 4.79 Å². The number of hydrogen-bond acceptors (Lipinski definition) is 2. The second-order valence-corrected chi connectivity index (χ2v) is 4.21. The Bertz CT molecular complexity index is 593. The van der Waals surface area contributed by atoms with Gasteiger partial charge in [0.1, 0.15) is 11.5 Å². The second-order valence-electron chi connectivity index (χ2n) is 3.78. The van der Waals surface area contributed by atoms with Crippen molar-refractivity contribution >= 4 is 23.2 Å². The van der Waals surface area contributed by atoms with Crippen molar-refractivity contribution in [3.63, 3.8) is 0 Å². The summed E-state index contributed by atoms with van der Waals surface area (Å²) in [4.78, 5) is 11.2. The number of carbonyl (C=O) groups is 1. The van der Waals surface area contributed by atoms with Crippen molar-refractivity contribution in [2.24, 2.45) is 0 Å². The van der Waals surface area contributed by atoms with Crippen LogP contribution in [0.4, 0.5) is 5.69 Å². The standard InChI is InChI=1S/C15H12ClNO2/c1-2-15(18)17-12-4-3-5-14(10-12)19-13-8-6-11(16)7-9-13/h2-10H,1H2,(H,17,18). The van der Waals surface area contributed by atoms with E-state index in [2.05, 4.69) is 11.9 Å². The molecule has 1 amide bonds. The number of nitrogens with one attached hydrogen (secondary N) is 1. The molecule has 0 aromatic heterocycles. The average Bonchev–Trinajstić information content (AvgIpc) is 2.42. The summed E-state index contributed by atoms with van der Waals surface area (Å²) in [6, 6.07) is 14.2. The van der Waals surface area contributed by atoms with Crippen LogP contribution in [0, 0.1) is 0 Å². The molecule has 0 atom stereocenters. The van der Waals surface area contributed by atoms with Crippen molar-refractivity contribution < 1.29 is 9.53 Å². The Balaban J connectivity index is 2.12. The molecule has 4 heteroatoms. The van der Waals surface area contributed by atoms with Crippen LogP contribution in [0.3, 0.4) is 0 Å². The lowest BCUT2D eigenvalue weighted by Crippen LogP contribution is -2.06. The van der Waals surface area contributed by atoms with Gasteiger partial charge >= 0.3 is 0 Å². The SMILES string of the molecule is C=CC(=O)Nc1cccc(Oc2ccc(Cl)cc2)c1. The van der Waals surface area contributed by atoms with Crippen LogP contribution < -0.4 is 10.1 Å². The fraction of sp³-hybridized carbons (Fsp3) is 0. The minimum absolute atomic E-state index is 0.261. The summed E-state index contributed by atoms with van der Waals surface area (Å²) in [7, 11) is 0. The molecule has 96 valence electrons. The van der Waals surface area contributed by atoms with E-state index in [0.717, 1.165) is 0 Å². The van der Waals surface area contributed by atoms with Crippen LogP contribution in [0.1, 0.15) is 0 Å². The maximum Gasteiger partial charge on any atom is 0.247 e. The first-order chi connectivity index (χ1) is 9.17. The van der Waals surface area contributed by atoms with Gasteiger partial charge in [0.15, 0.2) is 0 Å². The largest absolute Gasteiger partial charge is 0.457 e. The number of benzene rings is 2. The summed E-state index contributed by atoms with van der Waals surface area (Å²) in [6.07, 6.45) is 1.22. The number of hydrogen-bond donors (Lipinski definition) is 1. The van der Waals surface area contributed by atoms with E-state index in [-0.39, 0.29) is 5.91 Å². The van der Waals surface area contributed by atoms with Crippen molar-refractivity contribution in [3.8, 4) is 11.5 Å². The third-order valence-corrected chi connectivity index (χ3v) is 2.59. The minimum atomic E-state index is -0.261. The molecule has 0 saturated carbocycles. The van der Waals surface area contributed by atoms with Gasteiger partial charge in [-0.15, -0.1) is 0 Å². The van der Waals surface area contributed by atoms with Crippen molar-refractivity contribution in [2.45, 2.75) is 0 Å². The van der Waals surface area contributed by atoms with E-state index in [0.29, 0.717) is 22.2 Å². The maximum absolute atomic E-state index is 11.2. The zero-order valence-corrected chi connectivity index (χ0v) is 10.9. The molecule has 2 rings (SSSR count). The molecule has 3 nitrogen and oxygen atoms in total. The number of halogens is 1. The number of rotatable bonds is 4. The van der Waals surface area contributed by atoms with Crippen molar-refractivity contribution in [2.75, 3.05) is 5.32 Å². The molecule has 0 bridgehead atoms. The molecular formula is C15H12ClNO2. The number of carbonyl (C=O) groups excluding carboxylic acids is 1. The molecule has 0 aliphatic carbocycles. The summed E-state index contributed by atoms with van der Waals surface area (Å²) in [5.74, 6) is 1.05. The van der Waals surface area contributed by atoms with Gasteiger partial charge in [-0.2, -0.15) is 0 Å². The Morgan fingerprint density at radius 1 is 1.16 bits per heavy atom. The highest BCUT2D eigenvalue weighted by molar-refractivity contribution is 6.30. The lowest BCUT2D eigenvalue weighted by atomic mass is 10.3. The lowest BCUT2D eigenvalue weighted by Gasteiger charge is -2.08. The Labute approximate surface area is 116 Å². The third kappa shape index (κ3) is 3.86. The van der Waals surface area contributed by atoms with E-state index in [4.69, 9.17) is 16.3 Å². The zero-order chi connectivity index (χ0) is 13.7. The predicted octanol–water partition coefficient (Wildman–Crippen LogP) is 4.26.